The van der Waals surface area contributed by atoms with E-state index in [0.29, 0.717) is 35.6 Å². The molecule has 1 atom stereocenters. The number of ether oxygens (including phenoxy) is 3. The van der Waals surface area contributed by atoms with Crippen LogP contribution in [-0.4, -0.2) is 43.1 Å². The van der Waals surface area contributed by atoms with Crippen molar-refractivity contribution in [3.63, 3.8) is 0 Å². The minimum atomic E-state index is -0.961. The highest BCUT2D eigenvalue weighted by Crippen LogP contribution is 2.43. The van der Waals surface area contributed by atoms with Gasteiger partial charge in [0.15, 0.2) is 0 Å². The van der Waals surface area contributed by atoms with Crippen LogP contribution in [0.1, 0.15) is 40.0 Å². The van der Waals surface area contributed by atoms with Gasteiger partial charge in [-0.3, -0.25) is 14.5 Å². The molecule has 2 aliphatic heterocycles. The van der Waals surface area contributed by atoms with Crippen molar-refractivity contribution in [3.8, 4) is 11.5 Å². The summed E-state index contributed by atoms with van der Waals surface area (Å²) in [5, 5.41) is 11.4. The first-order valence-corrected chi connectivity index (χ1v) is 11.9. The van der Waals surface area contributed by atoms with E-state index in [0.717, 1.165) is 11.3 Å². The molecule has 5 rings (SSSR count). The zero-order valence-corrected chi connectivity index (χ0v) is 20.4. The topological polar surface area (TPSA) is 102 Å². The Hall–Kier alpha value is -4.59. The zero-order valence-electron chi connectivity index (χ0n) is 20.4. The van der Waals surface area contributed by atoms with Crippen molar-refractivity contribution in [2.24, 2.45) is 0 Å². The van der Waals surface area contributed by atoms with Crippen LogP contribution in [-0.2, 0) is 20.7 Å². The lowest BCUT2D eigenvalue weighted by atomic mass is 9.94. The van der Waals surface area contributed by atoms with Gasteiger partial charge in [0.1, 0.15) is 17.3 Å². The van der Waals surface area contributed by atoms with Crippen molar-refractivity contribution >= 4 is 29.1 Å². The van der Waals surface area contributed by atoms with E-state index in [2.05, 4.69) is 0 Å². The highest BCUT2D eigenvalue weighted by molar-refractivity contribution is 6.51. The molecule has 0 bridgehead atoms. The molecule has 0 spiro atoms. The molecule has 1 saturated heterocycles. The molecule has 3 aromatic carbocycles. The van der Waals surface area contributed by atoms with Crippen molar-refractivity contribution in [1.82, 2.24) is 0 Å². The third kappa shape index (κ3) is 4.31. The number of methoxy groups -OCH3 is 1. The number of amides is 1. The molecule has 0 radical (unpaired) electrons. The molecule has 1 fully saturated rings. The first-order valence-electron chi connectivity index (χ1n) is 11.9. The third-order valence-corrected chi connectivity index (χ3v) is 6.45. The van der Waals surface area contributed by atoms with Crippen LogP contribution in [0.3, 0.4) is 0 Å². The van der Waals surface area contributed by atoms with Crippen LogP contribution in [0.5, 0.6) is 11.5 Å². The number of fused-ring (bicyclic) bond motifs is 1. The number of rotatable bonds is 6. The summed E-state index contributed by atoms with van der Waals surface area (Å²) in [4.78, 5) is 40.6. The Morgan fingerprint density at radius 3 is 2.65 bits per heavy atom. The predicted molar refractivity (Wildman–Crippen MR) is 136 cm³/mol. The minimum absolute atomic E-state index is 0.0568. The standard InChI is InChI=1S/C29H25NO7/c1-3-36-29(34)20-7-4-8-21(15-20)30-25(18-6-5-9-22(16-18)35-2)24(27(32)28(30)33)26(31)19-10-11-23-17(14-19)12-13-37-23/h4-11,14-16,25,31H,3,12-13H2,1-2H3/b26-24-. The van der Waals surface area contributed by atoms with E-state index < -0.39 is 23.7 Å². The van der Waals surface area contributed by atoms with Gasteiger partial charge in [-0.25, -0.2) is 4.79 Å². The SMILES string of the molecule is CCOC(=O)c1cccc(N2C(=O)C(=O)/C(=C(\O)c3ccc4c(c3)CCO4)C2c2cccc(OC)c2)c1. The Kier molecular flexibility index (Phi) is 6.40. The number of hydrogen-bond donors (Lipinski definition) is 1. The number of anilines is 1. The van der Waals surface area contributed by atoms with Crippen molar-refractivity contribution in [2.45, 2.75) is 19.4 Å². The van der Waals surface area contributed by atoms with Gasteiger partial charge in [-0.05, 0) is 66.6 Å². The largest absolute Gasteiger partial charge is 0.507 e. The summed E-state index contributed by atoms with van der Waals surface area (Å²) in [7, 11) is 1.52. The average Bonchev–Trinajstić information content (AvgIpc) is 3.50. The quantitative estimate of drug-likeness (QED) is 0.232. The molecular weight excluding hydrogens is 474 g/mol. The summed E-state index contributed by atoms with van der Waals surface area (Å²) in [5.74, 6) is -1.22. The van der Waals surface area contributed by atoms with Crippen LogP contribution in [0.15, 0.2) is 72.3 Å². The summed E-state index contributed by atoms with van der Waals surface area (Å²) in [6.07, 6.45) is 0.685. The van der Waals surface area contributed by atoms with E-state index in [4.69, 9.17) is 14.2 Å². The Labute approximate surface area is 213 Å². The number of hydrogen-bond acceptors (Lipinski definition) is 7. The summed E-state index contributed by atoms with van der Waals surface area (Å²) in [6.45, 7) is 2.45. The fourth-order valence-electron chi connectivity index (χ4n) is 4.71. The van der Waals surface area contributed by atoms with E-state index in [1.165, 1.54) is 18.1 Å². The molecule has 37 heavy (non-hydrogen) atoms. The predicted octanol–water partition coefficient (Wildman–Crippen LogP) is 4.43. The molecular formula is C29H25NO7. The van der Waals surface area contributed by atoms with Crippen LogP contribution in [0.2, 0.25) is 0 Å². The molecule has 1 amide bonds. The number of esters is 1. The highest BCUT2D eigenvalue weighted by Gasteiger charge is 2.47. The van der Waals surface area contributed by atoms with Crippen molar-refractivity contribution in [3.05, 3.63) is 94.6 Å². The number of carbonyl (C=O) groups excluding carboxylic acids is 3. The average molecular weight is 500 g/mol. The number of Topliss-reactive ketones (excluding diaryl/α,β-unsaturated/α-hetero) is 1. The lowest BCUT2D eigenvalue weighted by Crippen LogP contribution is -2.29. The lowest BCUT2D eigenvalue weighted by Gasteiger charge is -2.26. The van der Waals surface area contributed by atoms with Gasteiger partial charge in [0, 0.05) is 17.7 Å². The zero-order chi connectivity index (χ0) is 26.1. The van der Waals surface area contributed by atoms with Crippen molar-refractivity contribution in [2.75, 3.05) is 25.2 Å². The molecule has 1 N–H and O–H groups in total. The molecule has 2 heterocycles. The van der Waals surface area contributed by atoms with Crippen LogP contribution < -0.4 is 14.4 Å². The van der Waals surface area contributed by atoms with E-state index >= 15 is 0 Å². The number of benzene rings is 3. The van der Waals surface area contributed by atoms with Crippen LogP contribution in [0.25, 0.3) is 5.76 Å². The van der Waals surface area contributed by atoms with Gasteiger partial charge in [-0.2, -0.15) is 0 Å². The molecule has 188 valence electrons. The smallest absolute Gasteiger partial charge is 0.338 e. The summed E-state index contributed by atoms with van der Waals surface area (Å²) < 4.78 is 16.0. The second-order valence-corrected chi connectivity index (χ2v) is 8.64. The summed E-state index contributed by atoms with van der Waals surface area (Å²) >= 11 is 0. The normalized spacial score (nSPS) is 17.9. The summed E-state index contributed by atoms with van der Waals surface area (Å²) in [5.41, 5.74) is 2.39. The van der Waals surface area contributed by atoms with E-state index in [9.17, 15) is 19.5 Å². The van der Waals surface area contributed by atoms with Gasteiger partial charge in [-0.15, -0.1) is 0 Å². The molecule has 1 unspecified atom stereocenters. The summed E-state index contributed by atoms with van der Waals surface area (Å²) in [6, 6.07) is 17.5. The van der Waals surface area contributed by atoms with Crippen LogP contribution in [0, 0.1) is 0 Å². The first kappa shape index (κ1) is 24.1. The molecule has 8 heteroatoms. The number of aliphatic hydroxyl groups is 1. The fraction of sp³-hybridized carbons (Fsp3) is 0.207. The molecule has 0 aliphatic carbocycles. The van der Waals surface area contributed by atoms with Crippen LogP contribution >= 0.6 is 0 Å². The van der Waals surface area contributed by atoms with E-state index in [1.54, 1.807) is 67.6 Å². The second kappa shape index (κ2) is 9.81. The van der Waals surface area contributed by atoms with Gasteiger partial charge in [0.05, 0.1) is 37.5 Å². The maximum atomic E-state index is 13.4. The molecule has 0 saturated carbocycles. The number of aliphatic hydroxyl groups excluding tert-OH is 1. The Morgan fingerprint density at radius 1 is 1.05 bits per heavy atom. The lowest BCUT2D eigenvalue weighted by molar-refractivity contribution is -0.132. The Balaban J connectivity index is 1.68. The van der Waals surface area contributed by atoms with Gasteiger partial charge in [0.2, 0.25) is 0 Å². The van der Waals surface area contributed by atoms with Gasteiger partial charge >= 0.3 is 5.97 Å². The Morgan fingerprint density at radius 2 is 1.86 bits per heavy atom. The Bertz CT molecular complexity index is 1440. The van der Waals surface area contributed by atoms with Crippen molar-refractivity contribution < 1.29 is 33.7 Å². The number of ketones is 1. The van der Waals surface area contributed by atoms with Gasteiger partial charge < -0.3 is 19.3 Å². The van der Waals surface area contributed by atoms with E-state index in [-0.39, 0.29) is 23.5 Å². The monoisotopic (exact) mass is 499 g/mol. The maximum absolute atomic E-state index is 13.4. The minimum Gasteiger partial charge on any atom is -0.507 e. The number of carbonyl (C=O) groups is 3. The number of nitrogens with zero attached hydrogens (tertiary/aromatic N) is 1. The highest BCUT2D eigenvalue weighted by atomic mass is 16.5. The van der Waals surface area contributed by atoms with Crippen LogP contribution in [0.4, 0.5) is 5.69 Å². The molecule has 2 aliphatic rings. The van der Waals surface area contributed by atoms with E-state index in [1.807, 2.05) is 0 Å². The maximum Gasteiger partial charge on any atom is 0.338 e. The molecule has 0 aromatic heterocycles. The first-order chi connectivity index (χ1) is 17.9. The van der Waals surface area contributed by atoms with Gasteiger partial charge in [0.25, 0.3) is 11.7 Å². The third-order valence-electron chi connectivity index (χ3n) is 6.45. The van der Waals surface area contributed by atoms with Crippen molar-refractivity contribution in [1.29, 1.82) is 0 Å². The second-order valence-electron chi connectivity index (χ2n) is 8.64. The fourth-order valence-corrected chi connectivity index (χ4v) is 4.71. The molecule has 3 aromatic rings. The van der Waals surface area contributed by atoms with Gasteiger partial charge in [-0.1, -0.05) is 18.2 Å². The molecule has 8 nitrogen and oxygen atoms in total.